The van der Waals surface area contributed by atoms with E-state index in [0.29, 0.717) is 36.0 Å². The minimum Gasteiger partial charge on any atom is -0.444 e. The number of piperidine rings is 1. The third-order valence-electron chi connectivity index (χ3n) is 5.64. The number of hydrogen-bond acceptors (Lipinski definition) is 9. The zero-order valence-electron chi connectivity index (χ0n) is 20.6. The molecule has 2 N–H and O–H groups in total. The standard InChI is InChI=1S/C25H30N6O3S2/c1-5-20(32)27-17-10-8-16(9-11-17)22(33)31-12-6-7-18(14-31)28-23-29-30-24(36-23)35-15-21-26-13-19(34-21)25(2,3)4/h5,8-11,13,18H,1,6-7,12,14-15H2,2-4H3,(H,27,32)(H,28,29)/t18-/m1/s1. The van der Waals surface area contributed by atoms with E-state index in [1.807, 2.05) is 4.90 Å². The summed E-state index contributed by atoms with van der Waals surface area (Å²) in [6.45, 7) is 11.0. The van der Waals surface area contributed by atoms with Crippen molar-refractivity contribution >= 4 is 45.7 Å². The van der Waals surface area contributed by atoms with Crippen LogP contribution in [0.4, 0.5) is 10.8 Å². The molecule has 2 aromatic heterocycles. The van der Waals surface area contributed by atoms with Gasteiger partial charge in [0.05, 0.1) is 11.9 Å². The van der Waals surface area contributed by atoms with Gasteiger partial charge < -0.3 is 20.0 Å². The van der Waals surface area contributed by atoms with Crippen LogP contribution in [0.1, 0.15) is 55.6 Å². The van der Waals surface area contributed by atoms with Crippen LogP contribution in [0.15, 0.2) is 51.9 Å². The van der Waals surface area contributed by atoms with E-state index in [0.717, 1.165) is 28.1 Å². The Hall–Kier alpha value is -3.18. The molecule has 190 valence electrons. The molecule has 0 spiro atoms. The number of benzene rings is 1. The van der Waals surface area contributed by atoms with E-state index >= 15 is 0 Å². The molecule has 0 radical (unpaired) electrons. The molecule has 36 heavy (non-hydrogen) atoms. The van der Waals surface area contributed by atoms with Crippen LogP contribution in [0, 0.1) is 0 Å². The molecule has 1 saturated heterocycles. The van der Waals surface area contributed by atoms with E-state index in [2.05, 4.69) is 53.2 Å². The minimum atomic E-state index is -0.287. The summed E-state index contributed by atoms with van der Waals surface area (Å²) in [4.78, 5) is 30.7. The molecule has 1 aliphatic heterocycles. The zero-order valence-corrected chi connectivity index (χ0v) is 22.2. The number of hydrogen-bond donors (Lipinski definition) is 2. The summed E-state index contributed by atoms with van der Waals surface area (Å²) in [6.07, 6.45) is 4.84. The van der Waals surface area contributed by atoms with Crippen LogP contribution >= 0.6 is 23.1 Å². The summed E-state index contributed by atoms with van der Waals surface area (Å²) in [5.74, 6) is 1.81. The van der Waals surface area contributed by atoms with E-state index in [1.165, 1.54) is 17.4 Å². The Kier molecular flexibility index (Phi) is 8.10. The number of likely N-dealkylation sites (tertiary alicyclic amines) is 1. The van der Waals surface area contributed by atoms with Crippen molar-refractivity contribution in [1.29, 1.82) is 0 Å². The second-order valence-corrected chi connectivity index (χ2v) is 11.7. The van der Waals surface area contributed by atoms with Gasteiger partial charge in [0.15, 0.2) is 4.34 Å². The van der Waals surface area contributed by atoms with E-state index in [4.69, 9.17) is 4.42 Å². The lowest BCUT2D eigenvalue weighted by Crippen LogP contribution is -2.45. The third-order valence-corrected chi connectivity index (χ3v) is 7.61. The topological polar surface area (TPSA) is 113 Å². The highest BCUT2D eigenvalue weighted by Crippen LogP contribution is 2.31. The lowest BCUT2D eigenvalue weighted by atomic mass is 9.94. The first-order valence-electron chi connectivity index (χ1n) is 11.7. The SMILES string of the molecule is C=CC(=O)Nc1ccc(C(=O)N2CCC[C@@H](Nc3nnc(SCc4ncc(C(C)(C)C)o4)s3)C2)cc1. The van der Waals surface area contributed by atoms with Gasteiger partial charge in [-0.15, -0.1) is 10.2 Å². The number of carbonyl (C=O) groups excluding carboxylic acids is 2. The normalized spacial score (nSPS) is 16.0. The number of amides is 2. The summed E-state index contributed by atoms with van der Waals surface area (Å²) in [5.41, 5.74) is 1.14. The molecule has 1 aliphatic rings. The van der Waals surface area contributed by atoms with Crippen molar-refractivity contribution in [3.63, 3.8) is 0 Å². The van der Waals surface area contributed by atoms with Crippen LogP contribution in [0.2, 0.25) is 0 Å². The largest absolute Gasteiger partial charge is 0.444 e. The zero-order chi connectivity index (χ0) is 25.7. The van der Waals surface area contributed by atoms with Crippen LogP contribution in [0.5, 0.6) is 0 Å². The lowest BCUT2D eigenvalue weighted by molar-refractivity contribution is -0.111. The number of nitrogens with one attached hydrogen (secondary N) is 2. The molecule has 9 nitrogen and oxygen atoms in total. The molecule has 0 aliphatic carbocycles. The fourth-order valence-electron chi connectivity index (χ4n) is 3.70. The van der Waals surface area contributed by atoms with E-state index in [1.54, 1.807) is 42.2 Å². The molecular weight excluding hydrogens is 496 g/mol. The summed E-state index contributed by atoms with van der Waals surface area (Å²) < 4.78 is 6.68. The van der Waals surface area contributed by atoms with Crippen LogP contribution in [0.25, 0.3) is 0 Å². The molecule has 0 unspecified atom stereocenters. The van der Waals surface area contributed by atoms with Crippen molar-refractivity contribution in [3.8, 4) is 0 Å². The van der Waals surface area contributed by atoms with Gasteiger partial charge in [-0.25, -0.2) is 4.98 Å². The number of nitrogens with zero attached hydrogens (tertiary/aromatic N) is 4. The Morgan fingerprint density at radius 1 is 1.28 bits per heavy atom. The maximum atomic E-state index is 13.0. The molecule has 1 aromatic carbocycles. The number of anilines is 2. The molecule has 4 rings (SSSR count). The molecule has 2 amide bonds. The fourth-order valence-corrected chi connectivity index (χ4v) is 5.38. The smallest absolute Gasteiger partial charge is 0.253 e. The van der Waals surface area contributed by atoms with Crippen molar-refractivity contribution in [1.82, 2.24) is 20.1 Å². The molecule has 3 aromatic rings. The average Bonchev–Trinajstić information content (AvgIpc) is 3.52. The van der Waals surface area contributed by atoms with Crippen molar-refractivity contribution in [2.24, 2.45) is 0 Å². The molecule has 0 saturated carbocycles. The number of thioether (sulfide) groups is 1. The van der Waals surface area contributed by atoms with Crippen LogP contribution in [0.3, 0.4) is 0 Å². The third kappa shape index (κ3) is 6.73. The van der Waals surface area contributed by atoms with E-state index in [9.17, 15) is 9.59 Å². The van der Waals surface area contributed by atoms with Gasteiger partial charge in [-0.2, -0.15) is 0 Å². The van der Waals surface area contributed by atoms with Crippen LogP contribution in [-0.4, -0.2) is 51.0 Å². The molecule has 0 bridgehead atoms. The Labute approximate surface area is 218 Å². The average molecular weight is 527 g/mol. The molecule has 11 heteroatoms. The predicted octanol–water partition coefficient (Wildman–Crippen LogP) is 4.96. The van der Waals surface area contributed by atoms with Crippen molar-refractivity contribution in [3.05, 3.63) is 60.3 Å². The molecule has 1 atom stereocenters. The Bertz CT molecular complexity index is 1220. The number of oxazole rings is 1. The van der Waals surface area contributed by atoms with Gasteiger partial charge >= 0.3 is 0 Å². The summed E-state index contributed by atoms with van der Waals surface area (Å²) in [6, 6.07) is 6.99. The fraction of sp³-hybridized carbons (Fsp3) is 0.400. The van der Waals surface area contributed by atoms with Gasteiger partial charge in [0.1, 0.15) is 5.76 Å². The highest BCUT2D eigenvalue weighted by atomic mass is 32.2. The highest BCUT2D eigenvalue weighted by molar-refractivity contribution is 8.00. The van der Waals surface area contributed by atoms with Gasteiger partial charge in [-0.3, -0.25) is 9.59 Å². The number of rotatable bonds is 8. The Morgan fingerprint density at radius 2 is 2.06 bits per heavy atom. The Balaban J connectivity index is 1.29. The minimum absolute atomic E-state index is 0.0304. The van der Waals surface area contributed by atoms with Crippen molar-refractivity contribution in [2.45, 2.75) is 55.2 Å². The van der Waals surface area contributed by atoms with Gasteiger partial charge in [-0.1, -0.05) is 50.4 Å². The Morgan fingerprint density at radius 3 is 2.75 bits per heavy atom. The second-order valence-electron chi connectivity index (χ2n) is 9.54. The molecule has 3 heterocycles. The number of aromatic nitrogens is 3. The van der Waals surface area contributed by atoms with Crippen molar-refractivity contribution in [2.75, 3.05) is 23.7 Å². The first-order valence-corrected chi connectivity index (χ1v) is 13.5. The van der Waals surface area contributed by atoms with E-state index < -0.39 is 0 Å². The quantitative estimate of drug-likeness (QED) is 0.313. The molecular formula is C25H30N6O3S2. The van der Waals surface area contributed by atoms with Crippen LogP contribution < -0.4 is 10.6 Å². The van der Waals surface area contributed by atoms with Gasteiger partial charge in [-0.05, 0) is 43.2 Å². The van der Waals surface area contributed by atoms with Gasteiger partial charge in [0.2, 0.25) is 16.9 Å². The molecule has 1 fully saturated rings. The lowest BCUT2D eigenvalue weighted by Gasteiger charge is -2.33. The predicted molar refractivity (Wildman–Crippen MR) is 142 cm³/mol. The van der Waals surface area contributed by atoms with E-state index in [-0.39, 0.29) is 23.3 Å². The maximum Gasteiger partial charge on any atom is 0.253 e. The summed E-state index contributed by atoms with van der Waals surface area (Å²) in [7, 11) is 0. The first kappa shape index (κ1) is 25.9. The van der Waals surface area contributed by atoms with Gasteiger partial charge in [0.25, 0.3) is 5.91 Å². The summed E-state index contributed by atoms with van der Waals surface area (Å²) >= 11 is 3.03. The maximum absolute atomic E-state index is 13.0. The monoisotopic (exact) mass is 526 g/mol. The second kappa shape index (κ2) is 11.3. The number of carbonyl (C=O) groups is 2. The van der Waals surface area contributed by atoms with Gasteiger partial charge in [0, 0.05) is 35.8 Å². The summed E-state index contributed by atoms with van der Waals surface area (Å²) in [5, 5.41) is 15.4. The van der Waals surface area contributed by atoms with Crippen LogP contribution in [-0.2, 0) is 16.0 Å². The van der Waals surface area contributed by atoms with Crippen molar-refractivity contribution < 1.29 is 14.0 Å². The first-order chi connectivity index (χ1) is 17.2. The highest BCUT2D eigenvalue weighted by Gasteiger charge is 2.25.